The molecular weight excluding hydrogens is 352 g/mol. The van der Waals surface area contributed by atoms with E-state index in [1.54, 1.807) is 10.6 Å². The van der Waals surface area contributed by atoms with Gasteiger partial charge in [-0.05, 0) is 38.0 Å². The Morgan fingerprint density at radius 3 is 2.58 bits per heavy atom. The van der Waals surface area contributed by atoms with E-state index < -0.39 is 21.9 Å². The number of carboxylic acid groups (broad SMARTS) is 1. The van der Waals surface area contributed by atoms with Crippen LogP contribution in [0.4, 0.5) is 0 Å². The Hall–Kier alpha value is -1.71. The summed E-state index contributed by atoms with van der Waals surface area (Å²) in [4.78, 5) is 22.9. The first-order valence-electron chi connectivity index (χ1n) is 7.71. The zero-order chi connectivity index (χ0) is 17.5. The molecule has 0 spiro atoms. The maximum Gasteiger partial charge on any atom is 0.308 e. The van der Waals surface area contributed by atoms with Crippen molar-refractivity contribution in [3.8, 4) is 0 Å². The Balaban J connectivity index is 1.92. The van der Waals surface area contributed by atoms with Crippen molar-refractivity contribution < 1.29 is 18.3 Å². The van der Waals surface area contributed by atoms with Crippen LogP contribution in [0.2, 0.25) is 0 Å². The Bertz CT molecular complexity index is 936. The number of carbonyl (C=O) groups is 1. The highest BCUT2D eigenvalue weighted by Crippen LogP contribution is 2.27. The van der Waals surface area contributed by atoms with Gasteiger partial charge in [0, 0.05) is 19.6 Å². The number of hydrogen-bond donors (Lipinski definition) is 1. The second kappa shape index (κ2) is 6.30. The third-order valence-electron chi connectivity index (χ3n) is 4.40. The van der Waals surface area contributed by atoms with Gasteiger partial charge in [0.05, 0.1) is 21.0 Å². The van der Waals surface area contributed by atoms with Crippen molar-refractivity contribution in [2.75, 3.05) is 13.1 Å². The highest BCUT2D eigenvalue weighted by atomic mass is 32.2. The quantitative estimate of drug-likeness (QED) is 0.881. The first-order valence-corrected chi connectivity index (χ1v) is 9.96. The van der Waals surface area contributed by atoms with E-state index in [0.717, 1.165) is 16.9 Å². The van der Waals surface area contributed by atoms with Crippen LogP contribution in [0.5, 0.6) is 0 Å². The Morgan fingerprint density at radius 1 is 1.33 bits per heavy atom. The highest BCUT2D eigenvalue weighted by molar-refractivity contribution is 7.89. The molecule has 0 amide bonds. The Morgan fingerprint density at radius 2 is 2.00 bits per heavy atom. The van der Waals surface area contributed by atoms with Crippen molar-refractivity contribution in [3.63, 3.8) is 0 Å². The fraction of sp³-hybridized carbons (Fsp3) is 0.467. The van der Waals surface area contributed by atoms with Crippen LogP contribution in [0, 0.1) is 5.92 Å². The first-order chi connectivity index (χ1) is 11.3. The van der Waals surface area contributed by atoms with Gasteiger partial charge in [0.25, 0.3) is 0 Å². The highest BCUT2D eigenvalue weighted by Gasteiger charge is 2.32. The van der Waals surface area contributed by atoms with Crippen molar-refractivity contribution in [1.29, 1.82) is 0 Å². The minimum Gasteiger partial charge on any atom is -0.481 e. The number of sulfonamides is 1. The minimum atomic E-state index is -3.68. The second-order valence-corrected chi connectivity index (χ2v) is 8.69. The van der Waals surface area contributed by atoms with E-state index in [0.29, 0.717) is 24.1 Å². The molecule has 24 heavy (non-hydrogen) atoms. The van der Waals surface area contributed by atoms with E-state index in [9.17, 15) is 18.0 Å². The molecule has 0 saturated carbocycles. The van der Waals surface area contributed by atoms with E-state index in [4.69, 9.17) is 5.11 Å². The molecular formula is C15H18N2O5S2. The number of piperidine rings is 1. The summed E-state index contributed by atoms with van der Waals surface area (Å²) >= 11 is 1.03. The van der Waals surface area contributed by atoms with Gasteiger partial charge in [-0.25, -0.2) is 8.42 Å². The standard InChI is InChI=1S/C15H18N2O5S2/c1-2-17-12-4-3-11(9-13(12)23-15(17)20)24(21,22)16-7-5-10(6-8-16)14(18)19/h3-4,9-10H,2,5-8H2,1H3,(H,18,19). The maximum absolute atomic E-state index is 12.8. The molecule has 1 aromatic carbocycles. The summed E-state index contributed by atoms with van der Waals surface area (Å²) in [6, 6.07) is 4.71. The number of aromatic nitrogens is 1. The number of hydrogen-bond acceptors (Lipinski definition) is 5. The molecule has 1 N–H and O–H groups in total. The summed E-state index contributed by atoms with van der Waals surface area (Å²) in [6.07, 6.45) is 0.632. The van der Waals surface area contributed by atoms with E-state index in [-0.39, 0.29) is 22.9 Å². The molecule has 2 aromatic rings. The van der Waals surface area contributed by atoms with Gasteiger partial charge in [-0.2, -0.15) is 4.31 Å². The largest absolute Gasteiger partial charge is 0.481 e. The topological polar surface area (TPSA) is 96.7 Å². The van der Waals surface area contributed by atoms with Crippen molar-refractivity contribution in [2.45, 2.75) is 31.2 Å². The molecule has 9 heteroatoms. The number of aryl methyl sites for hydroxylation is 1. The lowest BCUT2D eigenvalue weighted by Gasteiger charge is -2.29. The molecule has 0 unspecified atom stereocenters. The third kappa shape index (κ3) is 2.87. The third-order valence-corrected chi connectivity index (χ3v) is 7.23. The number of fused-ring (bicyclic) bond motifs is 1. The van der Waals surface area contributed by atoms with Gasteiger partial charge in [-0.3, -0.25) is 14.2 Å². The molecule has 0 radical (unpaired) electrons. The van der Waals surface area contributed by atoms with Crippen molar-refractivity contribution in [1.82, 2.24) is 8.87 Å². The summed E-state index contributed by atoms with van der Waals surface area (Å²) < 4.78 is 29.1. The lowest BCUT2D eigenvalue weighted by Crippen LogP contribution is -2.40. The van der Waals surface area contributed by atoms with Gasteiger partial charge in [-0.15, -0.1) is 0 Å². The smallest absolute Gasteiger partial charge is 0.308 e. The van der Waals surface area contributed by atoms with Crippen LogP contribution in [-0.4, -0.2) is 41.5 Å². The fourth-order valence-electron chi connectivity index (χ4n) is 3.00. The molecule has 7 nitrogen and oxygen atoms in total. The van der Waals surface area contributed by atoms with E-state index in [2.05, 4.69) is 0 Å². The normalized spacial score (nSPS) is 17.4. The molecule has 1 fully saturated rings. The van der Waals surface area contributed by atoms with E-state index in [1.807, 2.05) is 6.92 Å². The summed E-state index contributed by atoms with van der Waals surface area (Å²) in [7, 11) is -3.68. The zero-order valence-corrected chi connectivity index (χ0v) is 14.8. The summed E-state index contributed by atoms with van der Waals surface area (Å²) in [5.74, 6) is -1.36. The van der Waals surface area contributed by atoms with Gasteiger partial charge in [0.15, 0.2) is 0 Å². The summed E-state index contributed by atoms with van der Waals surface area (Å²) in [5.41, 5.74) is 0.732. The van der Waals surface area contributed by atoms with Crippen molar-refractivity contribution in [2.24, 2.45) is 5.92 Å². The van der Waals surface area contributed by atoms with Gasteiger partial charge in [0.1, 0.15) is 0 Å². The van der Waals surface area contributed by atoms with Crippen LogP contribution < -0.4 is 4.87 Å². The Kier molecular flexibility index (Phi) is 4.50. The number of rotatable bonds is 4. The van der Waals surface area contributed by atoms with Crippen LogP contribution in [0.15, 0.2) is 27.9 Å². The molecule has 1 aliphatic heterocycles. The number of benzene rings is 1. The predicted octanol–water partition coefficient (Wildman–Crippen LogP) is 1.57. The van der Waals surface area contributed by atoms with Gasteiger partial charge >= 0.3 is 10.8 Å². The van der Waals surface area contributed by atoms with Crippen LogP contribution in [-0.2, 0) is 21.4 Å². The van der Waals surface area contributed by atoms with E-state index in [1.165, 1.54) is 16.4 Å². The molecule has 2 heterocycles. The molecule has 1 aromatic heterocycles. The lowest BCUT2D eigenvalue weighted by molar-refractivity contribution is -0.142. The molecule has 3 rings (SSSR count). The minimum absolute atomic E-state index is 0.107. The lowest BCUT2D eigenvalue weighted by atomic mass is 9.99. The average molecular weight is 370 g/mol. The molecule has 1 aliphatic rings. The first kappa shape index (κ1) is 17.1. The number of aliphatic carboxylic acids is 1. The Labute approximate surface area is 143 Å². The van der Waals surface area contributed by atoms with Gasteiger partial charge in [-0.1, -0.05) is 11.3 Å². The van der Waals surface area contributed by atoms with Crippen LogP contribution >= 0.6 is 11.3 Å². The van der Waals surface area contributed by atoms with E-state index >= 15 is 0 Å². The maximum atomic E-state index is 12.8. The van der Waals surface area contributed by atoms with Crippen LogP contribution in [0.1, 0.15) is 19.8 Å². The molecule has 1 saturated heterocycles. The number of carboxylic acids is 1. The fourth-order valence-corrected chi connectivity index (χ4v) is 5.56. The van der Waals surface area contributed by atoms with Crippen LogP contribution in [0.25, 0.3) is 10.2 Å². The predicted molar refractivity (Wildman–Crippen MR) is 90.9 cm³/mol. The second-order valence-electron chi connectivity index (χ2n) is 5.76. The molecule has 0 atom stereocenters. The van der Waals surface area contributed by atoms with Gasteiger partial charge < -0.3 is 5.11 Å². The summed E-state index contributed by atoms with van der Waals surface area (Å²) in [5, 5.41) is 9.02. The SMILES string of the molecule is CCn1c(=O)sc2cc(S(=O)(=O)N3CCC(C(=O)O)CC3)ccc21. The average Bonchev–Trinajstić information content (AvgIpc) is 2.88. The zero-order valence-electron chi connectivity index (χ0n) is 13.1. The molecule has 130 valence electrons. The monoisotopic (exact) mass is 370 g/mol. The van der Waals surface area contributed by atoms with Crippen LogP contribution in [0.3, 0.4) is 0 Å². The van der Waals surface area contributed by atoms with Crippen molar-refractivity contribution in [3.05, 3.63) is 27.9 Å². The van der Waals surface area contributed by atoms with Gasteiger partial charge in [0.2, 0.25) is 10.0 Å². The molecule has 0 bridgehead atoms. The number of nitrogens with zero attached hydrogens (tertiary/aromatic N) is 2. The molecule has 0 aliphatic carbocycles. The summed E-state index contributed by atoms with van der Waals surface area (Å²) in [6.45, 7) is 2.80. The number of thiazole rings is 1. The van der Waals surface area contributed by atoms with Crippen molar-refractivity contribution >= 4 is 37.5 Å².